The zero-order chi connectivity index (χ0) is 24.4. The third kappa shape index (κ3) is 5.22. The van der Waals surface area contributed by atoms with Gasteiger partial charge in [0.15, 0.2) is 0 Å². The topological polar surface area (TPSA) is 79.5 Å². The molecule has 35 heavy (non-hydrogen) atoms. The van der Waals surface area contributed by atoms with Crippen LogP contribution in [0.4, 0.5) is 0 Å². The molecule has 0 aliphatic heterocycles. The molecule has 0 aliphatic rings. The number of hydrogen-bond donors (Lipinski definition) is 2. The van der Waals surface area contributed by atoms with Gasteiger partial charge < -0.3 is 9.67 Å². The Bertz CT molecular complexity index is 1560. The molecule has 0 spiro atoms. The maximum absolute atomic E-state index is 12.2. The second kappa shape index (κ2) is 9.92. The number of aromatic nitrogens is 2. The number of nitrogens with one attached hydrogen (secondary N) is 1. The van der Waals surface area contributed by atoms with Crippen molar-refractivity contribution in [1.82, 2.24) is 15.0 Å². The fraction of sp³-hybridized carbons (Fsp3) is 0.0385. The van der Waals surface area contributed by atoms with Crippen molar-refractivity contribution in [3.05, 3.63) is 105 Å². The zero-order valence-corrected chi connectivity index (χ0v) is 20.5. The van der Waals surface area contributed by atoms with E-state index in [4.69, 9.17) is 28.2 Å². The first kappa shape index (κ1) is 23.1. The lowest BCUT2D eigenvalue weighted by atomic mass is 10.2. The summed E-state index contributed by atoms with van der Waals surface area (Å²) in [6.45, 7) is 0.659. The Morgan fingerprint density at radius 2 is 1.91 bits per heavy atom. The normalized spacial score (nSPS) is 11.4. The molecule has 174 valence electrons. The van der Waals surface area contributed by atoms with Gasteiger partial charge in [-0.2, -0.15) is 5.10 Å². The summed E-state index contributed by atoms with van der Waals surface area (Å²) in [4.78, 5) is 17.0. The molecular formula is C26H18Cl2N4O2S. The number of carbonyl (C=O) groups is 1. The van der Waals surface area contributed by atoms with Gasteiger partial charge in [0.25, 0.3) is 5.91 Å². The van der Waals surface area contributed by atoms with Gasteiger partial charge in [-0.15, -0.1) is 11.3 Å². The number of amides is 1. The van der Waals surface area contributed by atoms with Gasteiger partial charge >= 0.3 is 0 Å². The largest absolute Gasteiger partial charge is 0.506 e. The summed E-state index contributed by atoms with van der Waals surface area (Å²) in [7, 11) is 0. The number of phenols is 1. The number of hydrazone groups is 1. The highest BCUT2D eigenvalue weighted by Crippen LogP contribution is 2.27. The Hall–Kier alpha value is -3.65. The number of rotatable bonds is 6. The second-order valence-electron chi connectivity index (χ2n) is 7.78. The van der Waals surface area contributed by atoms with E-state index in [0.717, 1.165) is 32.7 Å². The highest BCUT2D eigenvalue weighted by molar-refractivity contribution is 7.13. The van der Waals surface area contributed by atoms with Crippen molar-refractivity contribution in [2.45, 2.75) is 6.54 Å². The molecular weight excluding hydrogens is 503 g/mol. The summed E-state index contributed by atoms with van der Waals surface area (Å²) >= 11 is 13.4. The Labute approximate surface area is 215 Å². The number of nitrogens with zero attached hydrogens (tertiary/aromatic N) is 3. The molecule has 0 radical (unpaired) electrons. The van der Waals surface area contributed by atoms with Crippen LogP contribution in [0, 0.1) is 0 Å². The number of benzene rings is 3. The molecule has 0 bridgehead atoms. The summed E-state index contributed by atoms with van der Waals surface area (Å²) < 4.78 is 2.15. The predicted octanol–water partition coefficient (Wildman–Crippen LogP) is 6.59. The Morgan fingerprint density at radius 1 is 1.09 bits per heavy atom. The molecule has 0 fully saturated rings. The van der Waals surface area contributed by atoms with E-state index in [1.165, 1.54) is 18.2 Å². The monoisotopic (exact) mass is 520 g/mol. The van der Waals surface area contributed by atoms with E-state index in [-0.39, 0.29) is 10.8 Å². The summed E-state index contributed by atoms with van der Waals surface area (Å²) in [6.07, 6.45) is 3.61. The third-order valence-corrected chi connectivity index (χ3v) is 6.85. The van der Waals surface area contributed by atoms with E-state index in [1.807, 2.05) is 54.7 Å². The molecule has 5 aromatic rings. The van der Waals surface area contributed by atoms with Crippen LogP contribution in [0.3, 0.4) is 0 Å². The van der Waals surface area contributed by atoms with Crippen molar-refractivity contribution in [3.63, 3.8) is 0 Å². The van der Waals surface area contributed by atoms with Crippen LogP contribution in [0.2, 0.25) is 10.0 Å². The quantitative estimate of drug-likeness (QED) is 0.196. The van der Waals surface area contributed by atoms with Crippen molar-refractivity contribution < 1.29 is 9.90 Å². The van der Waals surface area contributed by atoms with Gasteiger partial charge in [0.1, 0.15) is 10.8 Å². The van der Waals surface area contributed by atoms with E-state index in [1.54, 1.807) is 17.6 Å². The average Bonchev–Trinajstić information content (AvgIpc) is 3.48. The van der Waals surface area contributed by atoms with Crippen LogP contribution >= 0.6 is 34.5 Å². The lowest BCUT2D eigenvalue weighted by Crippen LogP contribution is -2.17. The van der Waals surface area contributed by atoms with Crippen molar-refractivity contribution >= 4 is 57.6 Å². The number of hydrogen-bond acceptors (Lipinski definition) is 5. The van der Waals surface area contributed by atoms with E-state index in [2.05, 4.69) is 20.5 Å². The predicted molar refractivity (Wildman–Crippen MR) is 142 cm³/mol. The van der Waals surface area contributed by atoms with Gasteiger partial charge in [0, 0.05) is 38.6 Å². The van der Waals surface area contributed by atoms with Crippen LogP contribution in [-0.4, -0.2) is 26.8 Å². The molecule has 9 heteroatoms. The lowest BCUT2D eigenvalue weighted by Gasteiger charge is -2.04. The molecule has 2 N–H and O–H groups in total. The molecule has 0 saturated carbocycles. The molecule has 0 saturated heterocycles. The molecule has 0 atom stereocenters. The Balaban J connectivity index is 1.26. The molecule has 3 aromatic carbocycles. The Morgan fingerprint density at radius 3 is 2.71 bits per heavy atom. The minimum absolute atomic E-state index is 0.0799. The van der Waals surface area contributed by atoms with Gasteiger partial charge in [-0.25, -0.2) is 10.4 Å². The molecule has 1 amide bonds. The van der Waals surface area contributed by atoms with Crippen molar-refractivity contribution in [3.8, 4) is 16.3 Å². The molecule has 0 unspecified atom stereocenters. The van der Waals surface area contributed by atoms with Crippen LogP contribution < -0.4 is 5.43 Å². The first-order valence-corrected chi connectivity index (χ1v) is 12.2. The highest BCUT2D eigenvalue weighted by atomic mass is 35.5. The summed E-state index contributed by atoms with van der Waals surface area (Å²) in [5.74, 6) is -0.500. The van der Waals surface area contributed by atoms with Crippen LogP contribution in [0.15, 0.2) is 83.4 Å². The van der Waals surface area contributed by atoms with Crippen LogP contribution in [0.25, 0.3) is 21.5 Å². The zero-order valence-electron chi connectivity index (χ0n) is 18.2. The number of halogens is 2. The number of thiazole rings is 1. The highest BCUT2D eigenvalue weighted by Gasteiger charge is 2.09. The first-order valence-electron chi connectivity index (χ1n) is 10.6. The minimum atomic E-state index is -0.420. The van der Waals surface area contributed by atoms with Crippen LogP contribution in [0.5, 0.6) is 5.75 Å². The van der Waals surface area contributed by atoms with Crippen LogP contribution in [0.1, 0.15) is 21.6 Å². The fourth-order valence-corrected chi connectivity index (χ4v) is 4.72. The van der Waals surface area contributed by atoms with E-state index in [0.29, 0.717) is 17.1 Å². The molecule has 5 rings (SSSR count). The Kier molecular flexibility index (Phi) is 6.55. The van der Waals surface area contributed by atoms with Crippen molar-refractivity contribution in [2.24, 2.45) is 5.10 Å². The average molecular weight is 521 g/mol. The van der Waals surface area contributed by atoms with Gasteiger partial charge in [0.2, 0.25) is 0 Å². The number of fused-ring (bicyclic) bond motifs is 1. The van der Waals surface area contributed by atoms with Gasteiger partial charge in [-0.05, 0) is 54.1 Å². The number of phenolic OH excluding ortho intramolecular Hbond substituents is 1. The van der Waals surface area contributed by atoms with Gasteiger partial charge in [0.05, 0.1) is 23.5 Å². The van der Waals surface area contributed by atoms with Crippen molar-refractivity contribution in [1.29, 1.82) is 0 Å². The van der Waals surface area contributed by atoms with E-state index < -0.39 is 5.91 Å². The molecule has 0 aliphatic carbocycles. The molecule has 2 aromatic heterocycles. The summed E-state index contributed by atoms with van der Waals surface area (Å²) in [5.41, 5.74) is 6.73. The van der Waals surface area contributed by atoms with E-state index >= 15 is 0 Å². The van der Waals surface area contributed by atoms with Gasteiger partial charge in [-0.1, -0.05) is 41.4 Å². The standard InChI is InChI=1S/C26H18Cl2N4O2S/c27-20-5-2-17(3-6-20)26-30-21(15-35-26)14-32-10-9-18-11-16(1-7-23(18)32)13-29-31-25(34)19-4-8-24(33)22(28)12-19/h1-13,15,33H,14H2,(H,31,34). The van der Waals surface area contributed by atoms with Crippen molar-refractivity contribution in [2.75, 3.05) is 0 Å². The first-order chi connectivity index (χ1) is 17.0. The minimum Gasteiger partial charge on any atom is -0.506 e. The molecule has 2 heterocycles. The second-order valence-corrected chi connectivity index (χ2v) is 9.48. The molecule has 6 nitrogen and oxygen atoms in total. The smallest absolute Gasteiger partial charge is 0.271 e. The van der Waals surface area contributed by atoms with Crippen LogP contribution in [-0.2, 0) is 6.54 Å². The maximum Gasteiger partial charge on any atom is 0.271 e. The maximum atomic E-state index is 12.2. The third-order valence-electron chi connectivity index (χ3n) is 5.36. The summed E-state index contributed by atoms with van der Waals surface area (Å²) in [6, 6.07) is 19.9. The number of carbonyl (C=O) groups excluding carboxylic acids is 1. The lowest BCUT2D eigenvalue weighted by molar-refractivity contribution is 0.0955. The number of aromatic hydroxyl groups is 1. The van der Waals surface area contributed by atoms with Gasteiger partial charge in [-0.3, -0.25) is 4.79 Å². The SMILES string of the molecule is O=C(NN=Cc1ccc2c(ccn2Cc2csc(-c3ccc(Cl)cc3)n2)c1)c1ccc(O)c(Cl)c1. The van der Waals surface area contributed by atoms with E-state index in [9.17, 15) is 9.90 Å². The fourth-order valence-electron chi connectivity index (χ4n) is 3.59. The summed E-state index contributed by atoms with van der Waals surface area (Å²) in [5, 5.41) is 18.4.